The molecule has 0 bridgehead atoms. The predicted molar refractivity (Wildman–Crippen MR) is 125 cm³/mol. The fourth-order valence-corrected chi connectivity index (χ4v) is 4.20. The molecule has 5 nitrogen and oxygen atoms in total. The number of nitrogens with one attached hydrogen (secondary N) is 1. The molecule has 1 aliphatic rings. The first-order valence-corrected chi connectivity index (χ1v) is 11.0. The number of aromatic nitrogens is 2. The van der Waals surface area contributed by atoms with Gasteiger partial charge in [-0.2, -0.15) is 5.10 Å². The number of carbonyl (C=O) groups is 1. The average Bonchev–Trinajstić information content (AvgIpc) is 2.78. The molecule has 3 aromatic rings. The van der Waals surface area contributed by atoms with E-state index in [4.69, 9.17) is 0 Å². The van der Waals surface area contributed by atoms with Crippen molar-refractivity contribution in [3.8, 4) is 16.8 Å². The summed E-state index contributed by atoms with van der Waals surface area (Å²) in [5, 5.41) is 7.67. The third-order valence-corrected chi connectivity index (χ3v) is 6.09. The lowest BCUT2D eigenvalue weighted by Gasteiger charge is -2.23. The van der Waals surface area contributed by atoms with Crippen LogP contribution in [-0.4, -0.2) is 15.7 Å². The highest BCUT2D eigenvalue weighted by atomic mass is 16.2. The molecule has 0 unspecified atom stereocenters. The van der Waals surface area contributed by atoms with Gasteiger partial charge in [-0.25, -0.2) is 4.68 Å². The summed E-state index contributed by atoms with van der Waals surface area (Å²) in [5.74, 6) is 0.389. The zero-order valence-electron chi connectivity index (χ0n) is 18.4. The first kappa shape index (κ1) is 21.0. The van der Waals surface area contributed by atoms with Crippen LogP contribution >= 0.6 is 0 Å². The van der Waals surface area contributed by atoms with E-state index in [9.17, 15) is 9.59 Å². The minimum absolute atomic E-state index is 0.0255. The van der Waals surface area contributed by atoms with Crippen LogP contribution < -0.4 is 10.7 Å². The molecule has 1 N–H and O–H groups in total. The summed E-state index contributed by atoms with van der Waals surface area (Å²) >= 11 is 0. The van der Waals surface area contributed by atoms with Gasteiger partial charge in [0.15, 0.2) is 0 Å². The second-order valence-electron chi connectivity index (χ2n) is 8.58. The van der Waals surface area contributed by atoms with Crippen molar-refractivity contribution in [2.75, 3.05) is 5.32 Å². The Bertz CT molecular complexity index is 1140. The van der Waals surface area contributed by atoms with E-state index in [1.165, 1.54) is 6.42 Å². The van der Waals surface area contributed by atoms with Gasteiger partial charge in [0.05, 0.1) is 11.3 Å². The second kappa shape index (κ2) is 8.88. The molecule has 2 aromatic carbocycles. The predicted octanol–water partition coefficient (Wildman–Crippen LogP) is 5.34. The molecule has 0 aliphatic heterocycles. The van der Waals surface area contributed by atoms with Gasteiger partial charge in [0.2, 0.25) is 11.3 Å². The molecular weight excluding hydrogens is 386 g/mol. The van der Waals surface area contributed by atoms with Gasteiger partial charge in [0.25, 0.3) is 0 Å². The van der Waals surface area contributed by atoms with E-state index in [0.717, 1.165) is 48.1 Å². The number of aryl methyl sites for hydroxylation is 3. The average molecular weight is 416 g/mol. The standard InChI is InChI=1S/C26H29N3O2/c1-17-9-13-20(14-10-17)23-24(30)19(3)28-29(22-15-11-18(2)12-16-22)25(23)27-26(31)21-7-5-4-6-8-21/h9-16,21H,4-8H2,1-3H3,(H,27,31). The number of rotatable bonds is 4. The lowest BCUT2D eigenvalue weighted by atomic mass is 9.88. The number of anilines is 1. The molecule has 1 amide bonds. The van der Waals surface area contributed by atoms with Gasteiger partial charge < -0.3 is 5.32 Å². The zero-order valence-corrected chi connectivity index (χ0v) is 18.4. The van der Waals surface area contributed by atoms with Crippen LogP contribution in [0, 0.1) is 26.7 Å². The third kappa shape index (κ3) is 4.46. The van der Waals surface area contributed by atoms with Crippen LogP contribution in [0.2, 0.25) is 0 Å². The largest absolute Gasteiger partial charge is 0.310 e. The highest BCUT2D eigenvalue weighted by Crippen LogP contribution is 2.30. The summed E-state index contributed by atoms with van der Waals surface area (Å²) in [5.41, 5.74) is 4.55. The number of carbonyl (C=O) groups excluding carboxylic acids is 1. The monoisotopic (exact) mass is 415 g/mol. The summed E-state index contributed by atoms with van der Waals surface area (Å²) in [4.78, 5) is 26.4. The van der Waals surface area contributed by atoms with Gasteiger partial charge in [0, 0.05) is 5.92 Å². The van der Waals surface area contributed by atoms with E-state index in [-0.39, 0.29) is 17.3 Å². The van der Waals surface area contributed by atoms with Crippen molar-refractivity contribution in [2.24, 2.45) is 5.92 Å². The maximum absolute atomic E-state index is 13.2. The van der Waals surface area contributed by atoms with E-state index >= 15 is 0 Å². The molecule has 0 radical (unpaired) electrons. The van der Waals surface area contributed by atoms with E-state index in [2.05, 4.69) is 10.4 Å². The summed E-state index contributed by atoms with van der Waals surface area (Å²) in [6, 6.07) is 15.7. The Morgan fingerprint density at radius 2 is 1.48 bits per heavy atom. The van der Waals surface area contributed by atoms with Crippen molar-refractivity contribution in [3.05, 3.63) is 75.6 Å². The highest BCUT2D eigenvalue weighted by Gasteiger charge is 2.25. The van der Waals surface area contributed by atoms with Crippen LogP contribution in [0.3, 0.4) is 0 Å². The summed E-state index contributed by atoms with van der Waals surface area (Å²) in [7, 11) is 0. The number of hydrogen-bond donors (Lipinski definition) is 1. The first-order valence-electron chi connectivity index (χ1n) is 11.0. The Balaban J connectivity index is 1.89. The zero-order chi connectivity index (χ0) is 22.0. The first-order chi connectivity index (χ1) is 14.9. The SMILES string of the molecule is Cc1ccc(-c2c(NC(=O)C3CCCCC3)n(-c3ccc(C)cc3)nc(C)c2=O)cc1. The number of hydrogen-bond acceptors (Lipinski definition) is 3. The normalized spacial score (nSPS) is 14.4. The Labute approximate surface area is 183 Å². The number of nitrogens with zero attached hydrogens (tertiary/aromatic N) is 2. The minimum atomic E-state index is -0.161. The summed E-state index contributed by atoms with van der Waals surface area (Å²) < 4.78 is 1.70. The molecule has 1 heterocycles. The fourth-order valence-electron chi connectivity index (χ4n) is 4.20. The molecule has 0 spiro atoms. The molecule has 1 saturated carbocycles. The van der Waals surface area contributed by atoms with Crippen LogP contribution in [0.5, 0.6) is 0 Å². The van der Waals surface area contributed by atoms with Gasteiger partial charge in [-0.3, -0.25) is 9.59 Å². The molecule has 1 aromatic heterocycles. The van der Waals surface area contributed by atoms with Gasteiger partial charge in [0.1, 0.15) is 11.5 Å². The Kier molecular flexibility index (Phi) is 6.03. The highest BCUT2D eigenvalue weighted by molar-refractivity contribution is 5.96. The second-order valence-corrected chi connectivity index (χ2v) is 8.58. The maximum Gasteiger partial charge on any atom is 0.228 e. The van der Waals surface area contributed by atoms with Crippen molar-refractivity contribution in [2.45, 2.75) is 52.9 Å². The van der Waals surface area contributed by atoms with Crippen LogP contribution in [0.1, 0.15) is 48.9 Å². The molecule has 5 heteroatoms. The Morgan fingerprint density at radius 3 is 2.10 bits per heavy atom. The molecule has 1 aliphatic carbocycles. The molecule has 160 valence electrons. The molecule has 0 atom stereocenters. The molecular formula is C26H29N3O2. The van der Waals surface area contributed by atoms with Crippen LogP contribution in [0.4, 0.5) is 5.82 Å². The van der Waals surface area contributed by atoms with Gasteiger partial charge in [-0.05, 0) is 51.3 Å². The summed E-state index contributed by atoms with van der Waals surface area (Å²) in [6.07, 6.45) is 5.09. The maximum atomic E-state index is 13.2. The van der Waals surface area contributed by atoms with E-state index in [0.29, 0.717) is 17.1 Å². The van der Waals surface area contributed by atoms with Gasteiger partial charge in [-0.15, -0.1) is 0 Å². The van der Waals surface area contributed by atoms with Crippen LogP contribution in [0.25, 0.3) is 16.8 Å². The van der Waals surface area contributed by atoms with E-state index in [1.54, 1.807) is 11.6 Å². The van der Waals surface area contributed by atoms with E-state index in [1.807, 2.05) is 62.4 Å². The molecule has 0 saturated heterocycles. The molecule has 1 fully saturated rings. The van der Waals surface area contributed by atoms with Crippen molar-refractivity contribution in [1.82, 2.24) is 9.78 Å². The third-order valence-electron chi connectivity index (χ3n) is 6.09. The molecule has 4 rings (SSSR count). The quantitative estimate of drug-likeness (QED) is 0.625. The fraction of sp³-hybridized carbons (Fsp3) is 0.346. The van der Waals surface area contributed by atoms with Crippen LogP contribution in [0.15, 0.2) is 53.3 Å². The van der Waals surface area contributed by atoms with E-state index < -0.39 is 0 Å². The van der Waals surface area contributed by atoms with Crippen molar-refractivity contribution in [1.29, 1.82) is 0 Å². The Morgan fingerprint density at radius 1 is 0.903 bits per heavy atom. The lowest BCUT2D eigenvalue weighted by molar-refractivity contribution is -0.120. The van der Waals surface area contributed by atoms with Crippen molar-refractivity contribution >= 4 is 11.7 Å². The number of amides is 1. The summed E-state index contributed by atoms with van der Waals surface area (Å²) in [6.45, 7) is 5.76. The van der Waals surface area contributed by atoms with Gasteiger partial charge >= 0.3 is 0 Å². The van der Waals surface area contributed by atoms with Crippen molar-refractivity contribution < 1.29 is 4.79 Å². The molecule has 31 heavy (non-hydrogen) atoms. The number of benzene rings is 2. The Hall–Kier alpha value is -3.21. The van der Waals surface area contributed by atoms with Crippen LogP contribution in [-0.2, 0) is 4.79 Å². The minimum Gasteiger partial charge on any atom is -0.310 e. The van der Waals surface area contributed by atoms with Gasteiger partial charge in [-0.1, -0.05) is 66.8 Å². The van der Waals surface area contributed by atoms with Crippen molar-refractivity contribution in [3.63, 3.8) is 0 Å². The smallest absolute Gasteiger partial charge is 0.228 e. The lowest BCUT2D eigenvalue weighted by Crippen LogP contribution is -2.29. The topological polar surface area (TPSA) is 64.0 Å².